The van der Waals surface area contributed by atoms with E-state index < -0.39 is 18.2 Å². The van der Waals surface area contributed by atoms with Gasteiger partial charge in [0.15, 0.2) is 0 Å². The zero-order valence-electron chi connectivity index (χ0n) is 24.4. The van der Waals surface area contributed by atoms with Crippen molar-refractivity contribution in [2.45, 2.75) is 52.2 Å². The third-order valence-corrected chi connectivity index (χ3v) is 7.01. The number of aryl methyl sites for hydroxylation is 1. The maximum atomic E-state index is 13.1. The Kier molecular flexibility index (Phi) is 12.1. The molecule has 1 aliphatic heterocycles. The molecule has 0 radical (unpaired) electrons. The molecule has 1 aliphatic rings. The minimum Gasteiger partial charge on any atom is -0.491 e. The van der Waals surface area contributed by atoms with E-state index in [4.69, 9.17) is 18.9 Å². The Morgan fingerprint density at radius 3 is 2.29 bits per heavy atom. The Morgan fingerprint density at radius 2 is 1.60 bits per heavy atom. The predicted molar refractivity (Wildman–Crippen MR) is 161 cm³/mol. The lowest BCUT2D eigenvalue weighted by molar-refractivity contribution is -0.165. The van der Waals surface area contributed by atoms with Crippen LogP contribution in [-0.2, 0) is 37.0 Å². The monoisotopic (exact) mass is 572 g/mol. The molecule has 1 fully saturated rings. The van der Waals surface area contributed by atoms with Gasteiger partial charge in [-0.15, -0.1) is 0 Å². The van der Waals surface area contributed by atoms with Gasteiger partial charge < -0.3 is 18.9 Å². The average molecular weight is 573 g/mol. The molecule has 0 bridgehead atoms. The number of hydrogen-bond donors (Lipinski definition) is 0. The van der Waals surface area contributed by atoms with Gasteiger partial charge in [-0.1, -0.05) is 85.8 Å². The van der Waals surface area contributed by atoms with Gasteiger partial charge in [0.2, 0.25) is 6.23 Å². The molecule has 0 N–H and O–H groups in total. The van der Waals surface area contributed by atoms with Crippen LogP contribution in [0.2, 0.25) is 0 Å². The second-order valence-electron chi connectivity index (χ2n) is 10.6. The zero-order chi connectivity index (χ0) is 29.6. The maximum Gasteiger partial charge on any atom is 0.351 e. The number of benzene rings is 3. The SMILES string of the molecule is Cc1ccccc1OCC1CN(CCCC(C)C/N=C/C(=O)OCc2ccccc2)C(C(=O)OCc2ccccc2)O1. The number of ether oxygens (including phenoxy) is 4. The summed E-state index contributed by atoms with van der Waals surface area (Å²) in [6.07, 6.45) is 1.93. The number of esters is 2. The van der Waals surface area contributed by atoms with Crippen molar-refractivity contribution in [1.82, 2.24) is 4.90 Å². The van der Waals surface area contributed by atoms with Crippen LogP contribution < -0.4 is 4.74 Å². The molecule has 3 atom stereocenters. The molecule has 0 aliphatic carbocycles. The fourth-order valence-corrected chi connectivity index (χ4v) is 4.68. The lowest BCUT2D eigenvalue weighted by Crippen LogP contribution is -2.38. The normalized spacial score (nSPS) is 17.7. The first-order valence-corrected chi connectivity index (χ1v) is 14.5. The van der Waals surface area contributed by atoms with Crippen LogP contribution in [0.1, 0.15) is 36.5 Å². The van der Waals surface area contributed by atoms with Crippen LogP contribution in [0.3, 0.4) is 0 Å². The Labute approximate surface area is 248 Å². The largest absolute Gasteiger partial charge is 0.491 e. The summed E-state index contributed by atoms with van der Waals surface area (Å²) in [7, 11) is 0. The molecule has 42 heavy (non-hydrogen) atoms. The molecule has 0 amide bonds. The quantitative estimate of drug-likeness (QED) is 0.179. The molecule has 4 rings (SSSR count). The number of carbonyl (C=O) groups excluding carboxylic acids is 2. The summed E-state index contributed by atoms with van der Waals surface area (Å²) in [6, 6.07) is 27.0. The Balaban J connectivity index is 1.23. The highest BCUT2D eigenvalue weighted by Crippen LogP contribution is 2.22. The minimum absolute atomic E-state index is 0.195. The first-order chi connectivity index (χ1) is 20.5. The third-order valence-electron chi connectivity index (χ3n) is 7.01. The van der Waals surface area contributed by atoms with Gasteiger partial charge in [-0.3, -0.25) is 9.89 Å². The Bertz CT molecular complexity index is 1280. The van der Waals surface area contributed by atoms with Crippen molar-refractivity contribution in [3.63, 3.8) is 0 Å². The number of hydrogen-bond acceptors (Lipinski definition) is 8. The highest BCUT2D eigenvalue weighted by Gasteiger charge is 2.39. The first kappa shape index (κ1) is 30.9. The summed E-state index contributed by atoms with van der Waals surface area (Å²) >= 11 is 0. The van der Waals surface area contributed by atoms with Gasteiger partial charge in [0, 0.05) is 19.6 Å². The van der Waals surface area contributed by atoms with E-state index in [-0.39, 0.29) is 25.2 Å². The Hall–Kier alpha value is -4.01. The van der Waals surface area contributed by atoms with Crippen molar-refractivity contribution >= 4 is 18.2 Å². The average Bonchev–Trinajstić information content (AvgIpc) is 3.42. The van der Waals surface area contributed by atoms with Crippen molar-refractivity contribution in [2.24, 2.45) is 10.9 Å². The lowest BCUT2D eigenvalue weighted by atomic mass is 10.1. The van der Waals surface area contributed by atoms with Gasteiger partial charge in [0.25, 0.3) is 0 Å². The van der Waals surface area contributed by atoms with Gasteiger partial charge in [0.05, 0.1) is 0 Å². The molecule has 3 unspecified atom stereocenters. The molecule has 1 saturated heterocycles. The van der Waals surface area contributed by atoms with Gasteiger partial charge >= 0.3 is 11.9 Å². The van der Waals surface area contributed by atoms with E-state index in [0.717, 1.165) is 35.3 Å². The highest BCUT2D eigenvalue weighted by atomic mass is 16.6. The maximum absolute atomic E-state index is 13.1. The van der Waals surface area contributed by atoms with Crippen molar-refractivity contribution in [3.05, 3.63) is 102 Å². The second-order valence-corrected chi connectivity index (χ2v) is 10.6. The summed E-state index contributed by atoms with van der Waals surface area (Å²) in [5.41, 5.74) is 2.91. The molecule has 222 valence electrons. The van der Waals surface area contributed by atoms with Crippen LogP contribution in [0, 0.1) is 12.8 Å². The lowest BCUT2D eigenvalue weighted by Gasteiger charge is -2.21. The van der Waals surface area contributed by atoms with Crippen LogP contribution in [0.5, 0.6) is 5.75 Å². The third kappa shape index (κ3) is 10.1. The van der Waals surface area contributed by atoms with Gasteiger partial charge in [0.1, 0.15) is 37.9 Å². The van der Waals surface area contributed by atoms with Gasteiger partial charge in [-0.05, 0) is 48.4 Å². The van der Waals surface area contributed by atoms with Crippen LogP contribution in [-0.4, -0.2) is 61.6 Å². The summed E-state index contributed by atoms with van der Waals surface area (Å²) in [5.74, 6) is 0.219. The van der Waals surface area contributed by atoms with Gasteiger partial charge in [-0.25, -0.2) is 9.59 Å². The number of nitrogens with zero attached hydrogens (tertiary/aromatic N) is 2. The molecular formula is C34H40N2O6. The molecule has 8 heteroatoms. The predicted octanol–water partition coefficient (Wildman–Crippen LogP) is 5.37. The number of para-hydroxylation sites is 1. The summed E-state index contributed by atoms with van der Waals surface area (Å²) in [5, 5.41) is 0. The topological polar surface area (TPSA) is 86.7 Å². The first-order valence-electron chi connectivity index (χ1n) is 14.5. The van der Waals surface area contributed by atoms with Crippen LogP contribution >= 0.6 is 0 Å². The second kappa shape index (κ2) is 16.4. The van der Waals surface area contributed by atoms with Gasteiger partial charge in [-0.2, -0.15) is 0 Å². The molecule has 3 aromatic carbocycles. The standard InChI is InChI=1S/C34H40N2O6/c1-26(20-35-21-32(37)40-23-28-14-5-3-6-15-28)12-11-19-36-22-30(25-39-31-18-10-9-13-27(31)2)42-33(36)34(38)41-24-29-16-7-4-8-17-29/h3-10,13-18,21,26,30,33H,11-12,19-20,22-25H2,1-2H3/b35-21+. The molecule has 8 nitrogen and oxygen atoms in total. The number of carbonyl (C=O) groups is 2. The van der Waals surface area contributed by atoms with E-state index in [1.807, 2.05) is 96.8 Å². The number of aliphatic imine (C=N–C) groups is 1. The molecule has 0 spiro atoms. The number of rotatable bonds is 15. The van der Waals surface area contributed by atoms with Crippen molar-refractivity contribution in [3.8, 4) is 5.75 Å². The van der Waals surface area contributed by atoms with Crippen LogP contribution in [0.4, 0.5) is 0 Å². The summed E-state index contributed by atoms with van der Waals surface area (Å²) < 4.78 is 23.0. The van der Waals surface area contributed by atoms with Crippen LogP contribution in [0.15, 0.2) is 89.9 Å². The smallest absolute Gasteiger partial charge is 0.351 e. The highest BCUT2D eigenvalue weighted by molar-refractivity contribution is 6.23. The van der Waals surface area contributed by atoms with E-state index in [0.29, 0.717) is 26.2 Å². The van der Waals surface area contributed by atoms with E-state index in [1.165, 1.54) is 6.21 Å². The summed E-state index contributed by atoms with van der Waals surface area (Å²) in [4.78, 5) is 31.3. The zero-order valence-corrected chi connectivity index (χ0v) is 24.4. The fraction of sp³-hybridized carbons (Fsp3) is 0.382. The van der Waals surface area contributed by atoms with Crippen LogP contribution in [0.25, 0.3) is 0 Å². The van der Waals surface area contributed by atoms with E-state index in [9.17, 15) is 9.59 Å². The van der Waals surface area contributed by atoms with E-state index >= 15 is 0 Å². The van der Waals surface area contributed by atoms with E-state index in [2.05, 4.69) is 11.9 Å². The van der Waals surface area contributed by atoms with Crippen molar-refractivity contribution < 1.29 is 28.5 Å². The minimum atomic E-state index is -0.785. The fourth-order valence-electron chi connectivity index (χ4n) is 4.68. The Morgan fingerprint density at radius 1 is 0.952 bits per heavy atom. The molecule has 0 aromatic heterocycles. The van der Waals surface area contributed by atoms with Crippen molar-refractivity contribution in [1.29, 1.82) is 0 Å². The van der Waals surface area contributed by atoms with Crippen molar-refractivity contribution in [2.75, 3.05) is 26.2 Å². The molecule has 1 heterocycles. The summed E-state index contributed by atoms with van der Waals surface area (Å²) in [6.45, 7) is 6.61. The molecule has 3 aromatic rings. The molecule has 0 saturated carbocycles. The van der Waals surface area contributed by atoms with E-state index in [1.54, 1.807) is 0 Å². The molecular weight excluding hydrogens is 532 g/mol.